The van der Waals surface area contributed by atoms with Crippen LogP contribution in [0.15, 0.2) is 36.4 Å². The smallest absolute Gasteiger partial charge is 0.396 e. The quantitative estimate of drug-likeness (QED) is 0.453. The molecule has 3 aromatic rings. The van der Waals surface area contributed by atoms with Gasteiger partial charge in [0.1, 0.15) is 5.82 Å². The van der Waals surface area contributed by atoms with E-state index < -0.39 is 23.4 Å². The number of halogens is 3. The zero-order chi connectivity index (χ0) is 23.6. The van der Waals surface area contributed by atoms with Crippen molar-refractivity contribution in [3.8, 4) is 11.5 Å². The Bertz CT molecular complexity index is 1280. The van der Waals surface area contributed by atoms with E-state index in [9.17, 15) is 23.1 Å². The van der Waals surface area contributed by atoms with Gasteiger partial charge in [0.2, 0.25) is 5.91 Å². The number of amides is 1. The number of carbonyl (C=O) groups is 1. The number of ether oxygens (including phenoxy) is 2. The molecule has 2 aliphatic rings. The van der Waals surface area contributed by atoms with Gasteiger partial charge in [-0.2, -0.15) is 0 Å². The average Bonchev–Trinajstić information content (AvgIpc) is 3.34. The number of fused-ring (bicyclic) bond motifs is 2. The lowest BCUT2D eigenvalue weighted by atomic mass is 9.86. The fourth-order valence-corrected chi connectivity index (χ4v) is 4.29. The number of H-pyrrole nitrogens is 1. The van der Waals surface area contributed by atoms with Crippen molar-refractivity contribution < 1.29 is 35.4 Å². The topological polar surface area (TPSA) is 83.6 Å². The van der Waals surface area contributed by atoms with Crippen LogP contribution >= 0.6 is 0 Å². The molecular formula is C24H27F3N2O4. The van der Waals surface area contributed by atoms with Gasteiger partial charge in [0, 0.05) is 37.5 Å². The summed E-state index contributed by atoms with van der Waals surface area (Å²) in [4.78, 5) is 16.3. The Morgan fingerprint density at radius 2 is 1.91 bits per heavy atom. The number of rotatable bonds is 6. The van der Waals surface area contributed by atoms with Crippen molar-refractivity contribution in [1.82, 2.24) is 4.98 Å². The first kappa shape index (κ1) is 21.6. The van der Waals surface area contributed by atoms with Gasteiger partial charge in [0.25, 0.3) is 0 Å². The number of hydrogen-bond donors (Lipinski definition) is 3. The third-order valence-electron chi connectivity index (χ3n) is 6.56. The molecule has 0 radical (unpaired) electrons. The highest BCUT2D eigenvalue weighted by Gasteiger charge is 2.53. The van der Waals surface area contributed by atoms with E-state index in [0.29, 0.717) is 30.3 Å². The fourth-order valence-electron chi connectivity index (χ4n) is 4.29. The van der Waals surface area contributed by atoms with Gasteiger partial charge < -0.3 is 24.9 Å². The van der Waals surface area contributed by atoms with Gasteiger partial charge in [0.05, 0.1) is 11.1 Å². The number of hydrogen-bond acceptors (Lipinski definition) is 4. The highest BCUT2D eigenvalue weighted by Crippen LogP contribution is 2.52. The molecule has 2 aromatic carbocycles. The minimum atomic E-state index is -3.74. The number of aromatic nitrogens is 1. The number of aliphatic hydroxyl groups is 1. The number of nitrogens with one attached hydrogen (secondary N) is 2. The summed E-state index contributed by atoms with van der Waals surface area (Å²) < 4.78 is 50.4. The normalized spacial score (nSPS) is 17.9. The molecule has 1 saturated carbocycles. The fraction of sp³-hybridized carbons (Fsp3) is 0.375. The molecule has 1 aliphatic carbocycles. The second-order valence-corrected chi connectivity index (χ2v) is 9.33. The van der Waals surface area contributed by atoms with Gasteiger partial charge in [-0.3, -0.25) is 4.79 Å². The van der Waals surface area contributed by atoms with E-state index in [2.05, 4.69) is 19.8 Å². The van der Waals surface area contributed by atoms with Gasteiger partial charge in [-0.15, -0.1) is 8.78 Å². The van der Waals surface area contributed by atoms with Crippen LogP contribution in [0.1, 0.15) is 47.2 Å². The van der Waals surface area contributed by atoms with E-state index in [1.807, 2.05) is 19.9 Å². The molecule has 1 fully saturated rings. The Balaban J connectivity index is 0.00000171. The first-order chi connectivity index (χ1) is 15.5. The summed E-state index contributed by atoms with van der Waals surface area (Å²) >= 11 is 0. The molecule has 1 amide bonds. The van der Waals surface area contributed by atoms with Crippen molar-refractivity contribution in [1.29, 1.82) is 0 Å². The van der Waals surface area contributed by atoms with Crippen LogP contribution < -0.4 is 14.8 Å². The maximum atomic E-state index is 14.8. The molecular weight excluding hydrogens is 437 g/mol. The molecule has 0 unspecified atom stereocenters. The zero-order valence-corrected chi connectivity index (χ0v) is 18.1. The Morgan fingerprint density at radius 3 is 2.61 bits per heavy atom. The second-order valence-electron chi connectivity index (χ2n) is 9.33. The number of carbonyl (C=O) groups excluding carboxylic acids is 1. The standard InChI is InChI=1S/C24H23F3N2O4.2H2/c1-22(2,7-8-30)20-10-13-9-17(15(25)12-16(13)28-20)29-21(31)23(5-6-23)14-3-4-18-19(11-14)33-24(26,27)32-18;;/h3-4,9-12,28,30H,5-8H2,1-2H3,(H,29,31);2*1H. The molecule has 178 valence electrons. The van der Waals surface area contributed by atoms with E-state index in [0.717, 1.165) is 11.1 Å². The zero-order valence-electron chi connectivity index (χ0n) is 18.1. The molecule has 9 heteroatoms. The lowest BCUT2D eigenvalue weighted by Gasteiger charge is -2.21. The summed E-state index contributed by atoms with van der Waals surface area (Å²) in [5.74, 6) is -1.23. The van der Waals surface area contributed by atoms with Crippen LogP contribution in [0.25, 0.3) is 10.9 Å². The van der Waals surface area contributed by atoms with Gasteiger partial charge in [0.15, 0.2) is 11.5 Å². The third-order valence-corrected chi connectivity index (χ3v) is 6.56. The monoisotopic (exact) mass is 464 g/mol. The number of anilines is 1. The number of aromatic amines is 1. The van der Waals surface area contributed by atoms with E-state index in [-0.39, 0.29) is 32.1 Å². The molecule has 1 aromatic heterocycles. The Labute approximate surface area is 190 Å². The summed E-state index contributed by atoms with van der Waals surface area (Å²) in [6.45, 7) is 3.98. The second kappa shape index (κ2) is 7.15. The third kappa shape index (κ3) is 3.70. The maximum absolute atomic E-state index is 14.8. The molecule has 0 saturated heterocycles. The van der Waals surface area contributed by atoms with Crippen molar-refractivity contribution >= 4 is 22.5 Å². The van der Waals surface area contributed by atoms with Gasteiger partial charge in [-0.05, 0) is 49.1 Å². The molecule has 0 atom stereocenters. The summed E-state index contributed by atoms with van der Waals surface area (Å²) in [5, 5.41) is 12.7. The minimum absolute atomic E-state index is 0. The van der Waals surface area contributed by atoms with Crippen LogP contribution in [0.3, 0.4) is 0 Å². The molecule has 33 heavy (non-hydrogen) atoms. The van der Waals surface area contributed by atoms with Gasteiger partial charge in [-0.25, -0.2) is 4.39 Å². The molecule has 0 bridgehead atoms. The number of alkyl halides is 2. The summed E-state index contributed by atoms with van der Waals surface area (Å²) in [6.07, 6.45) is -2.19. The number of benzene rings is 2. The Morgan fingerprint density at radius 1 is 1.18 bits per heavy atom. The first-order valence-electron chi connectivity index (χ1n) is 10.7. The highest BCUT2D eigenvalue weighted by atomic mass is 19.3. The molecule has 3 N–H and O–H groups in total. The van der Waals surface area contributed by atoms with Crippen molar-refractivity contribution in [2.45, 2.75) is 50.2 Å². The van der Waals surface area contributed by atoms with Crippen LogP contribution in [0, 0.1) is 5.82 Å². The highest BCUT2D eigenvalue weighted by molar-refractivity contribution is 6.02. The van der Waals surface area contributed by atoms with Crippen molar-refractivity contribution in [3.05, 3.63) is 53.5 Å². The Hall–Kier alpha value is -3.20. The first-order valence-corrected chi connectivity index (χ1v) is 10.7. The van der Waals surface area contributed by atoms with E-state index in [4.69, 9.17) is 0 Å². The lowest BCUT2D eigenvalue weighted by Crippen LogP contribution is -2.28. The van der Waals surface area contributed by atoms with Crippen molar-refractivity contribution in [2.24, 2.45) is 0 Å². The molecule has 0 spiro atoms. The van der Waals surface area contributed by atoms with Crippen LogP contribution in [0.2, 0.25) is 0 Å². The van der Waals surface area contributed by atoms with Gasteiger partial charge in [-0.1, -0.05) is 19.9 Å². The average molecular weight is 464 g/mol. The molecule has 1 aliphatic heterocycles. The largest absolute Gasteiger partial charge is 0.586 e. The van der Waals surface area contributed by atoms with E-state index in [1.165, 1.54) is 18.2 Å². The lowest BCUT2D eigenvalue weighted by molar-refractivity contribution is -0.286. The predicted molar refractivity (Wildman–Crippen MR) is 119 cm³/mol. The van der Waals surface area contributed by atoms with E-state index >= 15 is 0 Å². The molecule has 6 nitrogen and oxygen atoms in total. The van der Waals surface area contributed by atoms with Gasteiger partial charge >= 0.3 is 6.29 Å². The van der Waals surface area contributed by atoms with Crippen LogP contribution in [0.4, 0.5) is 18.9 Å². The minimum Gasteiger partial charge on any atom is -0.396 e. The summed E-state index contributed by atoms with van der Waals surface area (Å²) in [7, 11) is 0. The van der Waals surface area contributed by atoms with Crippen LogP contribution in [-0.2, 0) is 15.6 Å². The van der Waals surface area contributed by atoms with Crippen molar-refractivity contribution in [2.75, 3.05) is 11.9 Å². The summed E-state index contributed by atoms with van der Waals surface area (Å²) in [6, 6.07) is 9.05. The SMILES string of the molecule is CC(C)(CCO)c1cc2cc(NC(=O)C3(c4ccc5c(c4)OC(F)(F)O5)CC3)c(F)cc2[nH]1.[HH].[HH]. The predicted octanol–water partition coefficient (Wildman–Crippen LogP) is 5.45. The molecule has 2 heterocycles. The Kier molecular flexibility index (Phi) is 4.69. The number of aliphatic hydroxyl groups excluding tert-OH is 1. The molecule has 5 rings (SSSR count). The summed E-state index contributed by atoms with van der Waals surface area (Å²) in [5.41, 5.74) is 0.716. The van der Waals surface area contributed by atoms with Crippen LogP contribution in [0.5, 0.6) is 11.5 Å². The van der Waals surface area contributed by atoms with Crippen LogP contribution in [-0.4, -0.2) is 28.9 Å². The van der Waals surface area contributed by atoms with E-state index in [1.54, 1.807) is 12.1 Å². The van der Waals surface area contributed by atoms with Crippen molar-refractivity contribution in [3.63, 3.8) is 0 Å². The maximum Gasteiger partial charge on any atom is 0.586 e.